The lowest BCUT2D eigenvalue weighted by Crippen LogP contribution is -2.54. The third kappa shape index (κ3) is 2.37. The topological polar surface area (TPSA) is 105 Å². The molecule has 0 amide bonds. The minimum Gasteiger partial charge on any atom is -0.508 e. The fraction of sp³-hybridized carbons (Fsp3) is 0.353. The van der Waals surface area contributed by atoms with Crippen LogP contribution in [0.4, 0.5) is 0 Å². The number of ketones is 1. The fourth-order valence-corrected chi connectivity index (χ4v) is 3.13. The molecule has 1 aromatic rings. The van der Waals surface area contributed by atoms with Crippen molar-refractivity contribution in [2.75, 3.05) is 14.2 Å². The van der Waals surface area contributed by atoms with Crippen LogP contribution in [0.25, 0.3) is 0 Å². The Hall–Kier alpha value is -2.35. The van der Waals surface area contributed by atoms with Crippen LogP contribution in [-0.2, 0) is 19.0 Å². The minimum absolute atomic E-state index is 0.0993. The summed E-state index contributed by atoms with van der Waals surface area (Å²) in [5.74, 6) is -3.43. The van der Waals surface area contributed by atoms with Gasteiger partial charge in [0.25, 0.3) is 0 Å². The van der Waals surface area contributed by atoms with E-state index in [9.17, 15) is 20.1 Å². The number of hydrogen-bond acceptors (Lipinski definition) is 7. The number of fused-ring (bicyclic) bond motifs is 1. The Morgan fingerprint density at radius 1 is 1.17 bits per heavy atom. The van der Waals surface area contributed by atoms with Gasteiger partial charge in [-0.2, -0.15) is 0 Å². The summed E-state index contributed by atoms with van der Waals surface area (Å²) in [6.45, 7) is 0. The van der Waals surface area contributed by atoms with Crippen LogP contribution < -0.4 is 0 Å². The molecule has 3 N–H and O–H groups in total. The molecule has 0 aromatic heterocycles. The molecule has 7 nitrogen and oxygen atoms in total. The molecule has 7 heteroatoms. The number of rotatable bonds is 3. The first-order chi connectivity index (χ1) is 11.4. The number of aromatic hydroxyl groups is 1. The number of Topliss-reactive ketones (excluding diaryl/α,β-unsaturated/α-hetero) is 1. The Morgan fingerprint density at radius 3 is 2.46 bits per heavy atom. The highest BCUT2D eigenvalue weighted by atomic mass is 16.7. The van der Waals surface area contributed by atoms with Crippen molar-refractivity contribution in [2.24, 2.45) is 5.92 Å². The third-order valence-corrected chi connectivity index (χ3v) is 4.33. The molecule has 1 aliphatic carbocycles. The Bertz CT molecular complexity index is 717. The van der Waals surface area contributed by atoms with Crippen molar-refractivity contribution in [1.29, 1.82) is 0 Å². The average Bonchev–Trinajstić information content (AvgIpc) is 2.57. The normalized spacial score (nSPS) is 28.5. The number of para-hydroxylation sites is 1. The molecule has 1 aromatic carbocycles. The first kappa shape index (κ1) is 16.5. The number of methoxy groups -OCH3 is 2. The van der Waals surface area contributed by atoms with Crippen molar-refractivity contribution < 1.29 is 34.3 Å². The van der Waals surface area contributed by atoms with Crippen LogP contribution in [0.15, 0.2) is 47.9 Å². The molecule has 24 heavy (non-hydrogen) atoms. The summed E-state index contributed by atoms with van der Waals surface area (Å²) in [5, 5.41) is 30.3. The largest absolute Gasteiger partial charge is 0.508 e. The Balaban J connectivity index is 2.06. The Labute approximate surface area is 138 Å². The van der Waals surface area contributed by atoms with E-state index in [-0.39, 0.29) is 22.8 Å². The van der Waals surface area contributed by atoms with Gasteiger partial charge in [-0.3, -0.25) is 4.79 Å². The fourth-order valence-electron chi connectivity index (χ4n) is 3.13. The molecule has 1 heterocycles. The number of phenolic OH excluding ortho intramolecular Hbond substituents is 1. The zero-order valence-corrected chi connectivity index (χ0v) is 13.2. The molecule has 3 rings (SSSR count). The van der Waals surface area contributed by atoms with Gasteiger partial charge in [0.15, 0.2) is 18.0 Å². The van der Waals surface area contributed by atoms with Crippen LogP contribution in [0.1, 0.15) is 11.7 Å². The van der Waals surface area contributed by atoms with Crippen molar-refractivity contribution in [3.63, 3.8) is 0 Å². The molecule has 1 fully saturated rings. The van der Waals surface area contributed by atoms with E-state index in [1.807, 2.05) is 0 Å². The molecular formula is C17H18O7. The Morgan fingerprint density at radius 2 is 1.83 bits per heavy atom. The summed E-state index contributed by atoms with van der Waals surface area (Å²) in [4.78, 5) is 12.8. The maximum Gasteiger partial charge on any atom is 0.208 e. The van der Waals surface area contributed by atoms with Crippen LogP contribution in [0.5, 0.6) is 5.75 Å². The van der Waals surface area contributed by atoms with Gasteiger partial charge in [-0.25, -0.2) is 0 Å². The van der Waals surface area contributed by atoms with Gasteiger partial charge in [0.1, 0.15) is 23.2 Å². The van der Waals surface area contributed by atoms with Crippen molar-refractivity contribution in [1.82, 2.24) is 0 Å². The van der Waals surface area contributed by atoms with Gasteiger partial charge in [0.2, 0.25) is 5.79 Å². The van der Waals surface area contributed by atoms with E-state index in [0.29, 0.717) is 0 Å². The number of allylic oxidation sites excluding steroid dienone is 1. The summed E-state index contributed by atoms with van der Waals surface area (Å²) in [6, 6.07) is 6.26. The predicted molar refractivity (Wildman–Crippen MR) is 82.0 cm³/mol. The second-order valence-electron chi connectivity index (χ2n) is 5.62. The zero-order chi connectivity index (χ0) is 17.5. The molecule has 128 valence electrons. The van der Waals surface area contributed by atoms with Gasteiger partial charge in [-0.15, -0.1) is 0 Å². The van der Waals surface area contributed by atoms with Crippen LogP contribution in [0.2, 0.25) is 0 Å². The summed E-state index contributed by atoms with van der Waals surface area (Å²) >= 11 is 0. The standard InChI is InChI=1S/C17H18O7/c1-22-17(23-2)8-9(18)7-12-13(17)14(20)15(21)16(24-12)10-5-3-4-6-11(10)19/h3-8,13,15-16,18-19,21H,1-2H3. The van der Waals surface area contributed by atoms with Gasteiger partial charge in [-0.1, -0.05) is 18.2 Å². The highest BCUT2D eigenvalue weighted by molar-refractivity contribution is 5.91. The van der Waals surface area contributed by atoms with Gasteiger partial charge < -0.3 is 29.5 Å². The molecule has 1 saturated heterocycles. The predicted octanol–water partition coefficient (Wildman–Crippen LogP) is 1.34. The lowest BCUT2D eigenvalue weighted by Gasteiger charge is -2.43. The quantitative estimate of drug-likeness (QED) is 0.716. The van der Waals surface area contributed by atoms with E-state index in [0.717, 1.165) is 0 Å². The number of ether oxygens (including phenoxy) is 3. The Kier molecular flexibility index (Phi) is 4.08. The number of benzene rings is 1. The van der Waals surface area contributed by atoms with Gasteiger partial charge in [-0.05, 0) is 6.07 Å². The lowest BCUT2D eigenvalue weighted by atomic mass is 9.80. The number of carbonyl (C=O) groups excluding carboxylic acids is 1. The van der Waals surface area contributed by atoms with E-state index in [4.69, 9.17) is 14.2 Å². The summed E-state index contributed by atoms with van der Waals surface area (Å²) in [6.07, 6.45) is -0.106. The van der Waals surface area contributed by atoms with Crippen molar-refractivity contribution in [3.05, 3.63) is 53.5 Å². The van der Waals surface area contributed by atoms with Gasteiger partial charge >= 0.3 is 0 Å². The molecule has 1 aliphatic heterocycles. The zero-order valence-electron chi connectivity index (χ0n) is 13.2. The van der Waals surface area contributed by atoms with E-state index in [1.165, 1.54) is 32.4 Å². The second-order valence-corrected chi connectivity index (χ2v) is 5.62. The van der Waals surface area contributed by atoms with Crippen molar-refractivity contribution >= 4 is 5.78 Å². The SMILES string of the molecule is COC1(OC)C=C(O)C=C2OC(c3ccccc3O)C(O)C(=O)C21. The van der Waals surface area contributed by atoms with Gasteiger partial charge in [0.05, 0.1) is 0 Å². The van der Waals surface area contributed by atoms with Crippen LogP contribution in [0, 0.1) is 5.92 Å². The maximum absolute atomic E-state index is 12.8. The highest BCUT2D eigenvalue weighted by Gasteiger charge is 2.55. The van der Waals surface area contributed by atoms with E-state index < -0.39 is 29.7 Å². The van der Waals surface area contributed by atoms with Crippen LogP contribution in [0.3, 0.4) is 0 Å². The monoisotopic (exact) mass is 334 g/mol. The number of carbonyl (C=O) groups is 1. The number of aliphatic hydroxyl groups is 2. The van der Waals surface area contributed by atoms with E-state index in [2.05, 4.69) is 0 Å². The van der Waals surface area contributed by atoms with Crippen LogP contribution in [-0.4, -0.2) is 47.2 Å². The molecule has 0 radical (unpaired) electrons. The molecule has 0 saturated carbocycles. The minimum atomic E-state index is -1.57. The number of hydrogen-bond donors (Lipinski definition) is 3. The summed E-state index contributed by atoms with van der Waals surface area (Å²) in [5.41, 5.74) is 0.271. The van der Waals surface area contributed by atoms with Crippen LogP contribution >= 0.6 is 0 Å². The molecule has 3 atom stereocenters. The van der Waals surface area contributed by atoms with E-state index >= 15 is 0 Å². The molecule has 3 unspecified atom stereocenters. The maximum atomic E-state index is 12.8. The second kappa shape index (κ2) is 5.94. The summed E-state index contributed by atoms with van der Waals surface area (Å²) in [7, 11) is 2.65. The smallest absolute Gasteiger partial charge is 0.208 e. The third-order valence-electron chi connectivity index (χ3n) is 4.33. The number of phenols is 1. The van der Waals surface area contributed by atoms with Crippen molar-refractivity contribution in [2.45, 2.75) is 18.0 Å². The average molecular weight is 334 g/mol. The summed E-state index contributed by atoms with van der Waals surface area (Å²) < 4.78 is 16.3. The van der Waals surface area contributed by atoms with E-state index in [1.54, 1.807) is 18.2 Å². The molecular weight excluding hydrogens is 316 g/mol. The lowest BCUT2D eigenvalue weighted by molar-refractivity contribution is -0.221. The molecule has 0 spiro atoms. The van der Waals surface area contributed by atoms with Crippen molar-refractivity contribution in [3.8, 4) is 5.75 Å². The first-order valence-corrected chi connectivity index (χ1v) is 7.33. The highest BCUT2D eigenvalue weighted by Crippen LogP contribution is 2.45. The van der Waals surface area contributed by atoms with Gasteiger partial charge in [0, 0.05) is 31.9 Å². The molecule has 0 bridgehead atoms. The first-order valence-electron chi connectivity index (χ1n) is 7.33. The molecule has 2 aliphatic rings. The number of aliphatic hydroxyl groups excluding tert-OH is 2.